The van der Waals surface area contributed by atoms with Crippen LogP contribution in [0.1, 0.15) is 53.2 Å². The van der Waals surface area contributed by atoms with E-state index in [9.17, 15) is 28.7 Å². The molecule has 0 bridgehead atoms. The van der Waals surface area contributed by atoms with Gasteiger partial charge in [-0.2, -0.15) is 5.10 Å². The fraction of sp³-hybridized carbons (Fsp3) is 0.292. The Morgan fingerprint density at radius 2 is 1.89 bits per heavy atom. The van der Waals surface area contributed by atoms with Crippen molar-refractivity contribution in [2.75, 3.05) is 6.54 Å². The van der Waals surface area contributed by atoms with E-state index >= 15 is 0 Å². The lowest BCUT2D eigenvalue weighted by atomic mass is 10.1. The molecule has 0 radical (unpaired) electrons. The van der Waals surface area contributed by atoms with Gasteiger partial charge in [-0.3, -0.25) is 19.1 Å². The summed E-state index contributed by atoms with van der Waals surface area (Å²) < 4.78 is 15.4. The van der Waals surface area contributed by atoms with Crippen molar-refractivity contribution in [1.82, 2.24) is 20.0 Å². The molecule has 0 aliphatic heterocycles. The van der Waals surface area contributed by atoms with Gasteiger partial charge in [0, 0.05) is 23.5 Å². The fourth-order valence-corrected chi connectivity index (χ4v) is 3.89. The number of fused-ring (bicyclic) bond motifs is 1. The zero-order valence-corrected chi connectivity index (χ0v) is 20.5. The molecule has 1 heterocycles. The van der Waals surface area contributed by atoms with E-state index in [1.165, 1.54) is 39.9 Å². The van der Waals surface area contributed by atoms with Gasteiger partial charge in [-0.1, -0.05) is 23.7 Å². The van der Waals surface area contributed by atoms with Crippen LogP contribution < -0.4 is 11.1 Å². The Labute approximate surface area is 210 Å². The van der Waals surface area contributed by atoms with Crippen molar-refractivity contribution in [2.45, 2.75) is 39.4 Å². The minimum absolute atomic E-state index is 0.0631. The number of rotatable bonds is 9. The second kappa shape index (κ2) is 10.7. The van der Waals surface area contributed by atoms with Crippen LogP contribution in [0, 0.1) is 5.82 Å². The van der Waals surface area contributed by atoms with E-state index in [1.807, 2.05) is 0 Å². The number of amides is 3. The molecule has 0 spiro atoms. The predicted molar refractivity (Wildman–Crippen MR) is 130 cm³/mol. The lowest BCUT2D eigenvalue weighted by molar-refractivity contribution is -0.140. The molecule has 3 rings (SSSR count). The van der Waals surface area contributed by atoms with Crippen molar-refractivity contribution in [3.63, 3.8) is 0 Å². The zero-order valence-electron chi connectivity index (χ0n) is 19.8. The van der Waals surface area contributed by atoms with E-state index in [1.54, 1.807) is 26.8 Å². The fourth-order valence-electron chi connectivity index (χ4n) is 3.70. The van der Waals surface area contributed by atoms with Crippen LogP contribution in [-0.4, -0.2) is 56.1 Å². The quantitative estimate of drug-likeness (QED) is 0.397. The largest absolute Gasteiger partial charge is 0.478 e. The lowest BCUT2D eigenvalue weighted by Crippen LogP contribution is -2.46. The van der Waals surface area contributed by atoms with E-state index < -0.39 is 35.5 Å². The first-order chi connectivity index (χ1) is 16.9. The van der Waals surface area contributed by atoms with Crippen LogP contribution in [0.15, 0.2) is 36.4 Å². The first-order valence-electron chi connectivity index (χ1n) is 11.0. The third-order valence-electron chi connectivity index (χ3n) is 5.64. The van der Waals surface area contributed by atoms with Crippen molar-refractivity contribution >= 4 is 46.2 Å². The zero-order chi connectivity index (χ0) is 26.7. The maximum atomic E-state index is 14.1. The summed E-state index contributed by atoms with van der Waals surface area (Å²) in [6.45, 7) is 4.57. The third-order valence-corrected chi connectivity index (χ3v) is 5.93. The van der Waals surface area contributed by atoms with Crippen LogP contribution in [0.4, 0.5) is 4.39 Å². The van der Waals surface area contributed by atoms with Crippen molar-refractivity contribution in [1.29, 1.82) is 0 Å². The third kappa shape index (κ3) is 5.46. The van der Waals surface area contributed by atoms with Gasteiger partial charge in [0.15, 0.2) is 5.69 Å². The van der Waals surface area contributed by atoms with Crippen LogP contribution in [0.25, 0.3) is 10.9 Å². The van der Waals surface area contributed by atoms with Crippen LogP contribution in [0.2, 0.25) is 5.02 Å². The van der Waals surface area contributed by atoms with E-state index in [0.717, 1.165) is 0 Å². The van der Waals surface area contributed by atoms with Crippen LogP contribution in [0.5, 0.6) is 0 Å². The molecule has 12 heteroatoms. The number of benzene rings is 2. The average molecular weight is 518 g/mol. The highest BCUT2D eigenvalue weighted by molar-refractivity contribution is 6.30. The number of hydrogen-bond donors (Lipinski definition) is 3. The first-order valence-corrected chi connectivity index (χ1v) is 11.4. The summed E-state index contributed by atoms with van der Waals surface area (Å²) in [4.78, 5) is 50.6. The second-order valence-corrected chi connectivity index (χ2v) is 8.83. The molecule has 4 N–H and O–H groups in total. The highest BCUT2D eigenvalue weighted by Gasteiger charge is 2.29. The SMILES string of the molecule is CC(C)N(CC(=O)NCc1cccc(Cl)c1F)C(=O)C(C)n1nc(C(N)=O)c2cc(C(=O)O)ccc21. The molecule has 0 saturated heterocycles. The molecule has 2 aromatic carbocycles. The van der Waals surface area contributed by atoms with Crippen LogP contribution in [-0.2, 0) is 16.1 Å². The Morgan fingerprint density at radius 3 is 2.50 bits per heavy atom. The van der Waals surface area contributed by atoms with Gasteiger partial charge in [0.05, 0.1) is 22.6 Å². The van der Waals surface area contributed by atoms with Gasteiger partial charge in [-0.05, 0) is 45.0 Å². The summed E-state index contributed by atoms with van der Waals surface area (Å²) in [5, 5.41) is 16.2. The van der Waals surface area contributed by atoms with Crippen molar-refractivity contribution in [3.8, 4) is 0 Å². The summed E-state index contributed by atoms with van der Waals surface area (Å²) in [5.41, 5.74) is 5.72. The number of nitrogens with zero attached hydrogens (tertiary/aromatic N) is 3. The van der Waals surface area contributed by atoms with Crippen molar-refractivity contribution < 1.29 is 28.7 Å². The summed E-state index contributed by atoms with van der Waals surface area (Å²) in [5.74, 6) is -3.70. The summed E-state index contributed by atoms with van der Waals surface area (Å²) >= 11 is 5.77. The molecule has 1 aromatic heterocycles. The number of aromatic nitrogens is 2. The molecule has 36 heavy (non-hydrogen) atoms. The minimum atomic E-state index is -1.20. The number of primary amides is 1. The molecule has 190 valence electrons. The second-order valence-electron chi connectivity index (χ2n) is 8.42. The number of nitrogens with one attached hydrogen (secondary N) is 1. The molecular formula is C24H25ClFN5O5. The van der Waals surface area contributed by atoms with Gasteiger partial charge in [0.25, 0.3) is 5.91 Å². The Hall–Kier alpha value is -3.99. The summed E-state index contributed by atoms with van der Waals surface area (Å²) in [6, 6.07) is 7.13. The smallest absolute Gasteiger partial charge is 0.335 e. The monoisotopic (exact) mass is 517 g/mol. The number of halogens is 2. The van der Waals surface area contributed by atoms with E-state index in [-0.39, 0.29) is 46.4 Å². The van der Waals surface area contributed by atoms with Gasteiger partial charge < -0.3 is 21.1 Å². The molecule has 1 unspecified atom stereocenters. The number of hydrogen-bond acceptors (Lipinski definition) is 5. The first kappa shape index (κ1) is 26.6. The highest BCUT2D eigenvalue weighted by Crippen LogP contribution is 2.25. The molecular weight excluding hydrogens is 493 g/mol. The summed E-state index contributed by atoms with van der Waals surface area (Å²) in [7, 11) is 0. The Kier molecular flexibility index (Phi) is 7.93. The van der Waals surface area contributed by atoms with Gasteiger partial charge in [-0.25, -0.2) is 9.18 Å². The highest BCUT2D eigenvalue weighted by atomic mass is 35.5. The van der Waals surface area contributed by atoms with Gasteiger partial charge in [0.2, 0.25) is 11.8 Å². The number of nitrogens with two attached hydrogens (primary N) is 1. The topological polar surface area (TPSA) is 148 Å². The minimum Gasteiger partial charge on any atom is -0.478 e. The van der Waals surface area contributed by atoms with Gasteiger partial charge in [-0.15, -0.1) is 0 Å². The lowest BCUT2D eigenvalue weighted by Gasteiger charge is -2.29. The van der Waals surface area contributed by atoms with Crippen LogP contribution >= 0.6 is 11.6 Å². The number of carbonyl (C=O) groups excluding carboxylic acids is 3. The number of carboxylic acid groups (broad SMARTS) is 1. The Morgan fingerprint density at radius 1 is 1.19 bits per heavy atom. The van der Waals surface area contributed by atoms with Crippen molar-refractivity contribution in [3.05, 3.63) is 64.1 Å². The van der Waals surface area contributed by atoms with Gasteiger partial charge in [0.1, 0.15) is 11.9 Å². The molecule has 3 amide bonds. The van der Waals surface area contributed by atoms with Crippen LogP contribution in [0.3, 0.4) is 0 Å². The Balaban J connectivity index is 1.83. The van der Waals surface area contributed by atoms with Gasteiger partial charge >= 0.3 is 5.97 Å². The maximum absolute atomic E-state index is 14.1. The maximum Gasteiger partial charge on any atom is 0.335 e. The van der Waals surface area contributed by atoms with E-state index in [4.69, 9.17) is 17.3 Å². The number of carboxylic acids is 1. The number of carbonyl (C=O) groups is 4. The average Bonchev–Trinajstić information content (AvgIpc) is 3.21. The molecule has 0 aliphatic carbocycles. The molecule has 1 atom stereocenters. The normalized spacial score (nSPS) is 11.9. The standard InChI is InChI=1S/C24H25ClFN5O5/c1-12(2)30(11-19(32)28-10-15-5-4-6-17(25)20(15)26)23(34)13(3)31-18-8-7-14(24(35)36)9-16(18)21(29-31)22(27)33/h4-9,12-13H,10-11H2,1-3H3,(H2,27,33)(H,28,32)(H,35,36). The molecule has 3 aromatic rings. The molecule has 0 aliphatic rings. The molecule has 0 fully saturated rings. The summed E-state index contributed by atoms with van der Waals surface area (Å²) in [6.07, 6.45) is 0. The molecule has 10 nitrogen and oxygen atoms in total. The number of aromatic carboxylic acids is 1. The Bertz CT molecular complexity index is 1360. The van der Waals surface area contributed by atoms with Crippen molar-refractivity contribution in [2.24, 2.45) is 5.73 Å². The predicted octanol–water partition coefficient (Wildman–Crippen LogP) is 2.74. The molecule has 0 saturated carbocycles. The van der Waals surface area contributed by atoms with E-state index in [2.05, 4.69) is 10.4 Å². The van der Waals surface area contributed by atoms with E-state index in [0.29, 0.717) is 5.52 Å².